The summed E-state index contributed by atoms with van der Waals surface area (Å²) in [5.41, 5.74) is 8.86. The Balaban J connectivity index is 2.22. The summed E-state index contributed by atoms with van der Waals surface area (Å²) in [5, 5.41) is 7.52. The van der Waals surface area contributed by atoms with E-state index in [1.165, 1.54) is 11.8 Å². The van der Waals surface area contributed by atoms with Crippen molar-refractivity contribution in [3.05, 3.63) is 47.3 Å². The summed E-state index contributed by atoms with van der Waals surface area (Å²) in [6, 6.07) is 6.10. The number of nitrogens with zero attached hydrogens (tertiary/aromatic N) is 2. The van der Waals surface area contributed by atoms with Gasteiger partial charge in [-0.15, -0.1) is 0 Å². The lowest BCUT2D eigenvalue weighted by molar-refractivity contribution is 0.100. The van der Waals surface area contributed by atoms with Gasteiger partial charge in [-0.25, -0.2) is 4.68 Å². The highest BCUT2D eigenvalue weighted by Gasteiger charge is 2.09. The minimum Gasteiger partial charge on any atom is -0.383 e. The minimum absolute atomic E-state index is 0.397. The number of aromatic nitrogens is 2. The van der Waals surface area contributed by atoms with E-state index in [0.29, 0.717) is 18.7 Å². The molecule has 0 unspecified atom stereocenters. The Morgan fingerprint density at radius 1 is 1.48 bits per heavy atom. The lowest BCUT2D eigenvalue weighted by atomic mass is 10.1. The van der Waals surface area contributed by atoms with E-state index < -0.39 is 5.91 Å². The van der Waals surface area contributed by atoms with E-state index in [1.54, 1.807) is 18.0 Å². The second-order valence-corrected chi connectivity index (χ2v) is 4.84. The van der Waals surface area contributed by atoms with Crippen LogP contribution in [0, 0.1) is 6.92 Å². The molecule has 0 radical (unpaired) electrons. The van der Waals surface area contributed by atoms with Crippen LogP contribution in [0.4, 0.5) is 0 Å². The van der Waals surface area contributed by atoms with Crippen LogP contribution in [0.3, 0.4) is 0 Å². The molecule has 1 amide bonds. The molecule has 0 aliphatic carbocycles. The minimum atomic E-state index is -0.479. The molecular weight excluding hydrogens is 268 g/mol. The van der Waals surface area contributed by atoms with Crippen LogP contribution in [0.2, 0.25) is 0 Å². The standard InChI is InChI=1S/C15H20N4O2/c1-11-3-4-14(12(7-11)8-17-5-6-21-2)19-10-13(9-18-19)15(16)20/h3-4,7,9-10,17H,5-6,8H2,1-2H3,(H2,16,20). The number of hydrogen-bond donors (Lipinski definition) is 2. The van der Waals surface area contributed by atoms with E-state index in [1.807, 2.05) is 19.1 Å². The summed E-state index contributed by atoms with van der Waals surface area (Å²) in [5.74, 6) is -0.479. The number of methoxy groups -OCH3 is 1. The topological polar surface area (TPSA) is 82.2 Å². The molecule has 2 aromatic rings. The monoisotopic (exact) mass is 288 g/mol. The Labute approximate surface area is 123 Å². The molecule has 2 rings (SSSR count). The van der Waals surface area contributed by atoms with Crippen LogP contribution in [0.15, 0.2) is 30.6 Å². The average molecular weight is 288 g/mol. The largest absolute Gasteiger partial charge is 0.383 e. The molecule has 6 heteroatoms. The van der Waals surface area contributed by atoms with Gasteiger partial charge in [-0.3, -0.25) is 4.79 Å². The molecule has 0 atom stereocenters. The van der Waals surface area contributed by atoms with Crippen LogP contribution in [-0.2, 0) is 11.3 Å². The Kier molecular flexibility index (Phi) is 5.08. The quantitative estimate of drug-likeness (QED) is 0.745. The SMILES string of the molecule is COCCNCc1cc(C)ccc1-n1cc(C(N)=O)cn1. The van der Waals surface area contributed by atoms with Gasteiger partial charge < -0.3 is 15.8 Å². The number of amides is 1. The number of rotatable bonds is 7. The molecule has 0 fully saturated rings. The summed E-state index contributed by atoms with van der Waals surface area (Å²) < 4.78 is 6.69. The van der Waals surface area contributed by atoms with Crippen molar-refractivity contribution in [1.82, 2.24) is 15.1 Å². The van der Waals surface area contributed by atoms with Gasteiger partial charge in [0.2, 0.25) is 0 Å². The fraction of sp³-hybridized carbons (Fsp3) is 0.333. The van der Waals surface area contributed by atoms with Crippen LogP contribution in [0.5, 0.6) is 0 Å². The molecule has 3 N–H and O–H groups in total. The van der Waals surface area contributed by atoms with Crippen molar-refractivity contribution in [3.8, 4) is 5.69 Å². The van der Waals surface area contributed by atoms with Gasteiger partial charge in [-0.1, -0.05) is 17.7 Å². The van der Waals surface area contributed by atoms with Gasteiger partial charge in [0.15, 0.2) is 0 Å². The first-order valence-corrected chi connectivity index (χ1v) is 6.76. The van der Waals surface area contributed by atoms with E-state index in [0.717, 1.165) is 17.8 Å². The zero-order chi connectivity index (χ0) is 15.2. The molecule has 0 saturated heterocycles. The third kappa shape index (κ3) is 3.90. The Bertz CT molecular complexity index is 622. The molecule has 0 spiro atoms. The predicted octanol–water partition coefficient (Wildman–Crippen LogP) is 1.02. The average Bonchev–Trinajstić information content (AvgIpc) is 2.93. The fourth-order valence-electron chi connectivity index (χ4n) is 2.06. The first kappa shape index (κ1) is 15.2. The number of nitrogens with two attached hydrogens (primary N) is 1. The number of primary amides is 1. The maximum Gasteiger partial charge on any atom is 0.251 e. The van der Waals surface area contributed by atoms with E-state index >= 15 is 0 Å². The van der Waals surface area contributed by atoms with Crippen LogP contribution in [0.1, 0.15) is 21.5 Å². The Morgan fingerprint density at radius 2 is 2.29 bits per heavy atom. The van der Waals surface area contributed by atoms with Crippen molar-refractivity contribution < 1.29 is 9.53 Å². The van der Waals surface area contributed by atoms with Crippen molar-refractivity contribution in [1.29, 1.82) is 0 Å². The van der Waals surface area contributed by atoms with Gasteiger partial charge in [-0.2, -0.15) is 5.10 Å². The fourth-order valence-corrected chi connectivity index (χ4v) is 2.06. The Hall–Kier alpha value is -2.18. The van der Waals surface area contributed by atoms with Crippen molar-refractivity contribution in [2.24, 2.45) is 5.73 Å². The summed E-state index contributed by atoms with van der Waals surface area (Å²) in [6.07, 6.45) is 3.12. The van der Waals surface area contributed by atoms with Crippen molar-refractivity contribution in [3.63, 3.8) is 0 Å². The van der Waals surface area contributed by atoms with Gasteiger partial charge in [0.25, 0.3) is 5.91 Å². The number of carbonyl (C=O) groups excluding carboxylic acids is 1. The molecule has 112 valence electrons. The molecule has 0 bridgehead atoms. The van der Waals surface area contributed by atoms with Crippen LogP contribution >= 0.6 is 0 Å². The maximum atomic E-state index is 11.2. The van der Waals surface area contributed by atoms with Crippen molar-refractivity contribution >= 4 is 5.91 Å². The third-order valence-electron chi connectivity index (χ3n) is 3.15. The number of hydrogen-bond acceptors (Lipinski definition) is 4. The predicted molar refractivity (Wildman–Crippen MR) is 80.4 cm³/mol. The molecule has 1 aromatic carbocycles. The summed E-state index contributed by atoms with van der Waals surface area (Å²) >= 11 is 0. The lowest BCUT2D eigenvalue weighted by Crippen LogP contribution is -2.19. The smallest absolute Gasteiger partial charge is 0.251 e. The maximum absolute atomic E-state index is 11.2. The second kappa shape index (κ2) is 7.01. The van der Waals surface area contributed by atoms with Crippen molar-refractivity contribution in [2.45, 2.75) is 13.5 Å². The van der Waals surface area contributed by atoms with Gasteiger partial charge in [0.1, 0.15) is 0 Å². The second-order valence-electron chi connectivity index (χ2n) is 4.84. The zero-order valence-corrected chi connectivity index (χ0v) is 12.3. The van der Waals surface area contributed by atoms with Crippen LogP contribution < -0.4 is 11.1 Å². The van der Waals surface area contributed by atoms with E-state index in [4.69, 9.17) is 10.5 Å². The first-order valence-electron chi connectivity index (χ1n) is 6.76. The first-order chi connectivity index (χ1) is 10.1. The highest BCUT2D eigenvalue weighted by molar-refractivity contribution is 5.92. The lowest BCUT2D eigenvalue weighted by Gasteiger charge is -2.11. The van der Waals surface area contributed by atoms with Crippen LogP contribution in [-0.4, -0.2) is 35.9 Å². The number of aryl methyl sites for hydroxylation is 1. The number of ether oxygens (including phenoxy) is 1. The van der Waals surface area contributed by atoms with Crippen molar-refractivity contribution in [2.75, 3.05) is 20.3 Å². The molecule has 1 heterocycles. The summed E-state index contributed by atoms with van der Waals surface area (Å²) in [4.78, 5) is 11.2. The zero-order valence-electron chi connectivity index (χ0n) is 12.3. The molecule has 21 heavy (non-hydrogen) atoms. The van der Waals surface area contributed by atoms with Gasteiger partial charge in [-0.05, 0) is 18.6 Å². The van der Waals surface area contributed by atoms with E-state index in [2.05, 4.69) is 16.5 Å². The molecule has 1 aromatic heterocycles. The number of benzene rings is 1. The van der Waals surface area contributed by atoms with E-state index in [-0.39, 0.29) is 0 Å². The summed E-state index contributed by atoms with van der Waals surface area (Å²) in [7, 11) is 1.68. The summed E-state index contributed by atoms with van der Waals surface area (Å²) in [6.45, 7) is 4.18. The highest BCUT2D eigenvalue weighted by Crippen LogP contribution is 2.16. The van der Waals surface area contributed by atoms with Gasteiger partial charge in [0, 0.05) is 26.4 Å². The number of carbonyl (C=O) groups is 1. The number of nitrogens with one attached hydrogen (secondary N) is 1. The van der Waals surface area contributed by atoms with Crippen LogP contribution in [0.25, 0.3) is 5.69 Å². The van der Waals surface area contributed by atoms with Gasteiger partial charge >= 0.3 is 0 Å². The molecule has 0 aliphatic heterocycles. The van der Waals surface area contributed by atoms with E-state index in [9.17, 15) is 4.79 Å². The highest BCUT2D eigenvalue weighted by atomic mass is 16.5. The molecular formula is C15H20N4O2. The normalized spacial score (nSPS) is 10.8. The third-order valence-corrected chi connectivity index (χ3v) is 3.15. The van der Waals surface area contributed by atoms with Gasteiger partial charge in [0.05, 0.1) is 24.1 Å². The Morgan fingerprint density at radius 3 is 2.95 bits per heavy atom. The molecule has 6 nitrogen and oxygen atoms in total. The molecule has 0 aliphatic rings. The molecule has 0 saturated carbocycles.